The van der Waals surface area contributed by atoms with E-state index in [-0.39, 0.29) is 24.0 Å². The average Bonchev–Trinajstić information content (AvgIpc) is 2.33. The SMILES string of the molecule is C[C@@H]1CN(C(=O)[C@H]2CCCCN2)CC[C@@H]1O. The molecule has 0 aromatic heterocycles. The Morgan fingerprint density at radius 3 is 2.81 bits per heavy atom. The van der Waals surface area contributed by atoms with Crippen LogP contribution in [-0.4, -0.2) is 47.7 Å². The Kier molecular flexibility index (Phi) is 3.82. The van der Waals surface area contributed by atoms with Gasteiger partial charge >= 0.3 is 0 Å². The van der Waals surface area contributed by atoms with Crippen LogP contribution < -0.4 is 5.32 Å². The standard InChI is InChI=1S/C12H22N2O2/c1-9-8-14(7-5-11(9)15)12(16)10-4-2-3-6-13-10/h9-11,13,15H,2-8H2,1H3/t9-,10-,11+/m1/s1. The number of carbonyl (C=O) groups excluding carboxylic acids is 1. The van der Waals surface area contributed by atoms with Crippen molar-refractivity contribution in [1.82, 2.24) is 10.2 Å². The summed E-state index contributed by atoms with van der Waals surface area (Å²) in [6.07, 6.45) is 3.78. The van der Waals surface area contributed by atoms with E-state index in [0.29, 0.717) is 13.1 Å². The van der Waals surface area contributed by atoms with Gasteiger partial charge in [-0.1, -0.05) is 13.3 Å². The van der Waals surface area contributed by atoms with Crippen molar-refractivity contribution in [3.63, 3.8) is 0 Å². The van der Waals surface area contributed by atoms with Crippen molar-refractivity contribution in [1.29, 1.82) is 0 Å². The highest BCUT2D eigenvalue weighted by Gasteiger charge is 2.31. The summed E-state index contributed by atoms with van der Waals surface area (Å²) in [5, 5.41) is 12.9. The second kappa shape index (κ2) is 5.15. The van der Waals surface area contributed by atoms with Gasteiger partial charge in [0.15, 0.2) is 0 Å². The van der Waals surface area contributed by atoms with Gasteiger partial charge in [-0.25, -0.2) is 0 Å². The maximum Gasteiger partial charge on any atom is 0.239 e. The molecule has 0 bridgehead atoms. The molecule has 2 N–H and O–H groups in total. The van der Waals surface area contributed by atoms with Crippen molar-refractivity contribution in [2.75, 3.05) is 19.6 Å². The third-order valence-corrected chi connectivity index (χ3v) is 3.78. The van der Waals surface area contributed by atoms with E-state index in [9.17, 15) is 9.90 Å². The Hall–Kier alpha value is -0.610. The smallest absolute Gasteiger partial charge is 0.239 e. The van der Waals surface area contributed by atoms with E-state index in [4.69, 9.17) is 0 Å². The molecule has 0 aromatic carbocycles. The number of nitrogens with zero attached hydrogens (tertiary/aromatic N) is 1. The van der Waals surface area contributed by atoms with Crippen molar-refractivity contribution < 1.29 is 9.90 Å². The highest BCUT2D eigenvalue weighted by Crippen LogP contribution is 2.19. The lowest BCUT2D eigenvalue weighted by molar-refractivity contribution is -0.137. The van der Waals surface area contributed by atoms with Crippen molar-refractivity contribution in [3.8, 4) is 0 Å². The molecule has 0 spiro atoms. The normalized spacial score (nSPS) is 36.1. The first-order valence-corrected chi connectivity index (χ1v) is 6.38. The zero-order valence-corrected chi connectivity index (χ0v) is 9.98. The van der Waals surface area contributed by atoms with Crippen LogP contribution in [0, 0.1) is 5.92 Å². The van der Waals surface area contributed by atoms with Crippen LogP contribution in [0.4, 0.5) is 0 Å². The van der Waals surface area contributed by atoms with Gasteiger partial charge in [-0.15, -0.1) is 0 Å². The van der Waals surface area contributed by atoms with Crippen molar-refractivity contribution in [3.05, 3.63) is 0 Å². The molecular formula is C12H22N2O2. The number of aliphatic hydroxyl groups excluding tert-OH is 1. The first-order valence-electron chi connectivity index (χ1n) is 6.38. The summed E-state index contributed by atoms with van der Waals surface area (Å²) in [5.41, 5.74) is 0. The van der Waals surface area contributed by atoms with Crippen LogP contribution in [0.1, 0.15) is 32.6 Å². The third-order valence-electron chi connectivity index (χ3n) is 3.78. The van der Waals surface area contributed by atoms with E-state index in [0.717, 1.165) is 25.8 Å². The summed E-state index contributed by atoms with van der Waals surface area (Å²) in [6.45, 7) is 4.39. The van der Waals surface area contributed by atoms with Gasteiger partial charge in [-0.3, -0.25) is 4.79 Å². The number of amides is 1. The number of piperidine rings is 2. The van der Waals surface area contributed by atoms with Crippen LogP contribution in [0.25, 0.3) is 0 Å². The molecular weight excluding hydrogens is 204 g/mol. The number of aliphatic hydroxyl groups is 1. The molecule has 92 valence electrons. The fourth-order valence-corrected chi connectivity index (χ4v) is 2.62. The van der Waals surface area contributed by atoms with Gasteiger partial charge in [0.05, 0.1) is 12.1 Å². The van der Waals surface area contributed by atoms with Gasteiger partial charge in [-0.05, 0) is 31.7 Å². The minimum Gasteiger partial charge on any atom is -0.393 e. The molecule has 4 nitrogen and oxygen atoms in total. The number of rotatable bonds is 1. The van der Waals surface area contributed by atoms with Crippen molar-refractivity contribution in [2.45, 2.75) is 44.8 Å². The number of nitrogens with one attached hydrogen (secondary N) is 1. The van der Waals surface area contributed by atoms with Crippen molar-refractivity contribution >= 4 is 5.91 Å². The number of carbonyl (C=O) groups is 1. The van der Waals surface area contributed by atoms with Crippen LogP contribution in [0.3, 0.4) is 0 Å². The van der Waals surface area contributed by atoms with Gasteiger partial charge in [0.2, 0.25) is 5.91 Å². The minimum atomic E-state index is -0.233. The Labute approximate surface area is 97.0 Å². The second-order valence-electron chi connectivity index (χ2n) is 5.12. The molecule has 0 unspecified atom stereocenters. The molecule has 2 heterocycles. The van der Waals surface area contributed by atoms with Gasteiger partial charge in [0.1, 0.15) is 0 Å². The fraction of sp³-hybridized carbons (Fsp3) is 0.917. The first-order chi connectivity index (χ1) is 7.68. The molecule has 2 rings (SSSR count). The lowest BCUT2D eigenvalue weighted by Gasteiger charge is -2.37. The molecule has 2 aliphatic heterocycles. The topological polar surface area (TPSA) is 52.6 Å². The monoisotopic (exact) mass is 226 g/mol. The summed E-state index contributed by atoms with van der Waals surface area (Å²) in [4.78, 5) is 14.1. The Balaban J connectivity index is 1.89. The molecule has 16 heavy (non-hydrogen) atoms. The van der Waals surface area contributed by atoms with Crippen LogP contribution >= 0.6 is 0 Å². The van der Waals surface area contributed by atoms with Crippen molar-refractivity contribution in [2.24, 2.45) is 5.92 Å². The lowest BCUT2D eigenvalue weighted by Crippen LogP contribution is -2.53. The van der Waals surface area contributed by atoms with Crippen LogP contribution in [0.5, 0.6) is 0 Å². The molecule has 0 aromatic rings. The lowest BCUT2D eigenvalue weighted by atomic mass is 9.95. The molecule has 0 aliphatic carbocycles. The number of likely N-dealkylation sites (tertiary alicyclic amines) is 1. The Morgan fingerprint density at radius 2 is 2.19 bits per heavy atom. The molecule has 2 fully saturated rings. The number of hydrogen-bond acceptors (Lipinski definition) is 3. The van der Waals surface area contributed by atoms with Gasteiger partial charge in [0, 0.05) is 13.1 Å². The zero-order valence-electron chi connectivity index (χ0n) is 9.98. The highest BCUT2D eigenvalue weighted by atomic mass is 16.3. The minimum absolute atomic E-state index is 0.0243. The predicted molar refractivity (Wildman–Crippen MR) is 62.0 cm³/mol. The van der Waals surface area contributed by atoms with E-state index in [1.807, 2.05) is 11.8 Å². The Morgan fingerprint density at radius 1 is 1.38 bits per heavy atom. The maximum absolute atomic E-state index is 12.2. The van der Waals surface area contributed by atoms with Crippen LogP contribution in [0.15, 0.2) is 0 Å². The maximum atomic E-state index is 12.2. The molecule has 0 saturated carbocycles. The van der Waals surface area contributed by atoms with E-state index < -0.39 is 0 Å². The van der Waals surface area contributed by atoms with E-state index >= 15 is 0 Å². The summed E-state index contributed by atoms with van der Waals surface area (Å²) in [7, 11) is 0. The van der Waals surface area contributed by atoms with Gasteiger partial charge in [0.25, 0.3) is 0 Å². The van der Waals surface area contributed by atoms with E-state index in [1.54, 1.807) is 0 Å². The van der Waals surface area contributed by atoms with Gasteiger partial charge in [-0.2, -0.15) is 0 Å². The summed E-state index contributed by atoms with van der Waals surface area (Å²) in [5.74, 6) is 0.444. The largest absolute Gasteiger partial charge is 0.393 e. The fourth-order valence-electron chi connectivity index (χ4n) is 2.62. The first kappa shape index (κ1) is 11.9. The molecule has 2 saturated heterocycles. The number of hydrogen-bond donors (Lipinski definition) is 2. The Bertz CT molecular complexity index is 251. The second-order valence-corrected chi connectivity index (χ2v) is 5.12. The predicted octanol–water partition coefficient (Wildman–Crippen LogP) is 0.358. The quantitative estimate of drug-likeness (QED) is 0.678. The zero-order chi connectivity index (χ0) is 11.5. The molecule has 1 amide bonds. The van der Waals surface area contributed by atoms with Gasteiger partial charge < -0.3 is 15.3 Å². The third kappa shape index (κ3) is 2.55. The molecule has 4 heteroatoms. The van der Waals surface area contributed by atoms with Crippen LogP contribution in [0.2, 0.25) is 0 Å². The summed E-state index contributed by atoms with van der Waals surface area (Å²) in [6, 6.07) is 0.0243. The summed E-state index contributed by atoms with van der Waals surface area (Å²) >= 11 is 0. The van der Waals surface area contributed by atoms with E-state index in [2.05, 4.69) is 5.32 Å². The highest BCUT2D eigenvalue weighted by molar-refractivity contribution is 5.82. The molecule has 2 aliphatic rings. The van der Waals surface area contributed by atoms with Crippen LogP contribution in [-0.2, 0) is 4.79 Å². The average molecular weight is 226 g/mol. The molecule has 3 atom stereocenters. The molecule has 0 radical (unpaired) electrons. The van der Waals surface area contributed by atoms with E-state index in [1.165, 1.54) is 6.42 Å². The summed E-state index contributed by atoms with van der Waals surface area (Å²) < 4.78 is 0.